The van der Waals surface area contributed by atoms with E-state index in [2.05, 4.69) is 57.8 Å². The number of aromatic nitrogens is 2. The highest BCUT2D eigenvalue weighted by molar-refractivity contribution is 6.77. The maximum atomic E-state index is 12.7. The lowest BCUT2D eigenvalue weighted by molar-refractivity contribution is -0.116. The van der Waals surface area contributed by atoms with Crippen LogP contribution in [-0.4, -0.2) is 83.9 Å². The Morgan fingerprint density at radius 1 is 1.31 bits per heavy atom. The molecule has 11 heteroatoms. The van der Waals surface area contributed by atoms with Crippen molar-refractivity contribution in [2.24, 2.45) is 0 Å². The Labute approximate surface area is 208 Å². The van der Waals surface area contributed by atoms with Gasteiger partial charge in [0.15, 0.2) is 20.1 Å². The van der Waals surface area contributed by atoms with Gasteiger partial charge in [0, 0.05) is 6.20 Å². The molecule has 1 fully saturated rings. The zero-order valence-corrected chi connectivity index (χ0v) is 23.0. The molecule has 196 valence electrons. The standard InChI is InChI=1S/C24H40N4O6Si/c1-10-24(32)18(14-33-35(15(2)3,16(4)5)17(6)7)34-22(21(24)30)28-12-11-19(26-23(28)31)25-20(29)13-27(8)9/h1,11-12,15-18,21-22,30,32H,13-14H2,2-9H3,(H,25,26,29,31)/t18-,21+,22-,24-/m1/s1. The van der Waals surface area contributed by atoms with Crippen LogP contribution >= 0.6 is 0 Å². The third-order valence-electron chi connectivity index (χ3n) is 6.77. The molecule has 1 amide bonds. The molecule has 4 atom stereocenters. The minimum atomic E-state index is -2.31. The minimum absolute atomic E-state index is 0.0180. The predicted molar refractivity (Wildman–Crippen MR) is 136 cm³/mol. The molecule has 1 saturated heterocycles. The summed E-state index contributed by atoms with van der Waals surface area (Å²) in [6.07, 6.45) is 3.04. The van der Waals surface area contributed by atoms with E-state index in [1.807, 2.05) is 0 Å². The van der Waals surface area contributed by atoms with E-state index in [0.29, 0.717) is 16.6 Å². The van der Waals surface area contributed by atoms with Crippen molar-refractivity contribution < 1.29 is 24.2 Å². The number of nitrogens with one attached hydrogen (secondary N) is 1. The third kappa shape index (κ3) is 5.85. The summed E-state index contributed by atoms with van der Waals surface area (Å²) >= 11 is 0. The van der Waals surface area contributed by atoms with Crippen molar-refractivity contribution in [3.8, 4) is 12.3 Å². The summed E-state index contributed by atoms with van der Waals surface area (Å²) in [4.78, 5) is 30.2. The number of likely N-dealkylation sites (N-methyl/N-ethyl adjacent to an activating group) is 1. The lowest BCUT2D eigenvalue weighted by Gasteiger charge is -2.43. The highest BCUT2D eigenvalue weighted by atomic mass is 28.4. The molecule has 1 aliphatic heterocycles. The first-order valence-electron chi connectivity index (χ1n) is 11.9. The van der Waals surface area contributed by atoms with Crippen LogP contribution in [0.2, 0.25) is 16.6 Å². The average Bonchev–Trinajstić information content (AvgIpc) is 2.98. The maximum absolute atomic E-state index is 12.7. The summed E-state index contributed by atoms with van der Waals surface area (Å²) in [5.74, 6) is 2.00. The SMILES string of the molecule is C#C[C@@]1(O)[C@@H](CO[Si](C(C)C)(C(C)C)C(C)C)O[C@@H](n2ccc(NC(=O)CN(C)C)nc2=O)[C@@H]1O. The molecule has 1 aromatic rings. The molecule has 1 aliphatic rings. The molecular formula is C24H40N4O6Si. The van der Waals surface area contributed by atoms with Crippen molar-refractivity contribution >= 4 is 20.0 Å². The molecule has 0 aromatic carbocycles. The van der Waals surface area contributed by atoms with E-state index in [4.69, 9.17) is 15.6 Å². The van der Waals surface area contributed by atoms with Crippen molar-refractivity contribution in [3.63, 3.8) is 0 Å². The highest BCUT2D eigenvalue weighted by Crippen LogP contribution is 2.44. The molecule has 0 spiro atoms. The predicted octanol–water partition coefficient (Wildman–Crippen LogP) is 1.56. The number of hydrogen-bond acceptors (Lipinski definition) is 8. The summed E-state index contributed by atoms with van der Waals surface area (Å²) in [7, 11) is 1.18. The molecule has 0 radical (unpaired) electrons. The summed E-state index contributed by atoms with van der Waals surface area (Å²) in [6, 6.07) is 1.41. The molecule has 3 N–H and O–H groups in total. The molecule has 0 unspecified atom stereocenters. The third-order valence-corrected chi connectivity index (χ3v) is 12.9. The molecule has 35 heavy (non-hydrogen) atoms. The first kappa shape index (κ1) is 29.2. The van der Waals surface area contributed by atoms with Gasteiger partial charge in [-0.3, -0.25) is 9.36 Å². The molecule has 2 rings (SSSR count). The monoisotopic (exact) mass is 508 g/mol. The van der Waals surface area contributed by atoms with E-state index < -0.39 is 38.0 Å². The van der Waals surface area contributed by atoms with Crippen LogP contribution < -0.4 is 11.0 Å². The van der Waals surface area contributed by atoms with E-state index in [-0.39, 0.29) is 24.9 Å². The van der Waals surface area contributed by atoms with Gasteiger partial charge in [0.05, 0.1) is 13.2 Å². The van der Waals surface area contributed by atoms with Crippen LogP contribution in [0.15, 0.2) is 17.1 Å². The van der Waals surface area contributed by atoms with Crippen LogP contribution in [0.5, 0.6) is 0 Å². The Bertz CT molecular complexity index is 967. The number of carbonyl (C=O) groups is 1. The van der Waals surface area contributed by atoms with Gasteiger partial charge in [-0.25, -0.2) is 4.79 Å². The number of nitrogens with zero attached hydrogens (tertiary/aromatic N) is 3. The first-order valence-corrected chi connectivity index (χ1v) is 14.1. The van der Waals surface area contributed by atoms with Gasteiger partial charge in [-0.05, 0) is 36.8 Å². The van der Waals surface area contributed by atoms with Crippen molar-refractivity contribution in [1.29, 1.82) is 0 Å². The Hall–Kier alpha value is -2.07. The number of hydrogen-bond donors (Lipinski definition) is 3. The molecule has 2 heterocycles. The minimum Gasteiger partial charge on any atom is -0.413 e. The fraction of sp³-hybridized carbons (Fsp3) is 0.708. The van der Waals surface area contributed by atoms with E-state index in [9.17, 15) is 19.8 Å². The smallest absolute Gasteiger partial charge is 0.351 e. The van der Waals surface area contributed by atoms with Gasteiger partial charge in [0.25, 0.3) is 0 Å². The summed E-state index contributed by atoms with van der Waals surface area (Å²) in [5, 5.41) is 24.6. The van der Waals surface area contributed by atoms with Crippen LogP contribution in [0, 0.1) is 12.3 Å². The average molecular weight is 509 g/mol. The number of terminal acetylenes is 1. The van der Waals surface area contributed by atoms with Gasteiger partial charge in [-0.15, -0.1) is 6.42 Å². The van der Waals surface area contributed by atoms with Crippen LogP contribution in [0.4, 0.5) is 5.82 Å². The summed E-state index contributed by atoms with van der Waals surface area (Å²) < 4.78 is 13.5. The number of carbonyl (C=O) groups excluding carboxylic acids is 1. The van der Waals surface area contributed by atoms with E-state index in [0.717, 1.165) is 4.57 Å². The van der Waals surface area contributed by atoms with Crippen LogP contribution in [-0.2, 0) is 14.0 Å². The Kier molecular flexibility index (Phi) is 9.44. The fourth-order valence-electron chi connectivity index (χ4n) is 5.18. The molecule has 10 nitrogen and oxygen atoms in total. The Morgan fingerprint density at radius 2 is 1.89 bits per heavy atom. The normalized spacial score (nSPS) is 25.0. The first-order chi connectivity index (χ1) is 16.2. The molecule has 0 bridgehead atoms. The van der Waals surface area contributed by atoms with Gasteiger partial charge in [0.1, 0.15) is 18.0 Å². The van der Waals surface area contributed by atoms with Crippen LogP contribution in [0.1, 0.15) is 47.8 Å². The van der Waals surface area contributed by atoms with Gasteiger partial charge >= 0.3 is 5.69 Å². The Balaban J connectivity index is 2.29. The van der Waals surface area contributed by atoms with E-state index in [1.165, 1.54) is 12.3 Å². The molecule has 0 saturated carbocycles. The molecular weight excluding hydrogens is 468 g/mol. The number of ether oxygens (including phenoxy) is 1. The lowest BCUT2D eigenvalue weighted by atomic mass is 9.93. The number of aliphatic hydroxyl groups is 2. The van der Waals surface area contributed by atoms with Crippen molar-refractivity contribution in [2.45, 2.75) is 82.2 Å². The number of rotatable bonds is 10. The maximum Gasteiger partial charge on any atom is 0.351 e. The van der Waals surface area contributed by atoms with Crippen LogP contribution in [0.25, 0.3) is 0 Å². The van der Waals surface area contributed by atoms with Gasteiger partial charge < -0.3 is 29.6 Å². The number of aliphatic hydroxyl groups excluding tert-OH is 1. The van der Waals surface area contributed by atoms with Crippen LogP contribution in [0.3, 0.4) is 0 Å². The summed E-state index contributed by atoms with van der Waals surface area (Å²) in [6.45, 7) is 12.9. The van der Waals surface area contributed by atoms with Gasteiger partial charge in [-0.2, -0.15) is 4.98 Å². The quantitative estimate of drug-likeness (QED) is 0.321. The van der Waals surface area contributed by atoms with E-state index in [1.54, 1.807) is 19.0 Å². The van der Waals surface area contributed by atoms with Crippen molar-refractivity contribution in [1.82, 2.24) is 14.5 Å². The zero-order chi connectivity index (χ0) is 26.7. The zero-order valence-electron chi connectivity index (χ0n) is 22.0. The lowest BCUT2D eigenvalue weighted by Crippen LogP contribution is -2.53. The highest BCUT2D eigenvalue weighted by Gasteiger charge is 2.57. The molecule has 0 aliphatic carbocycles. The topological polar surface area (TPSA) is 126 Å². The second kappa shape index (κ2) is 11.3. The van der Waals surface area contributed by atoms with Crippen molar-refractivity contribution in [3.05, 3.63) is 22.7 Å². The Morgan fingerprint density at radius 3 is 2.34 bits per heavy atom. The molecule has 1 aromatic heterocycles. The second-order valence-corrected chi connectivity index (χ2v) is 15.8. The summed E-state index contributed by atoms with van der Waals surface area (Å²) in [5.41, 5.74) is -1.94. The van der Waals surface area contributed by atoms with Gasteiger partial charge in [0.2, 0.25) is 5.91 Å². The van der Waals surface area contributed by atoms with Gasteiger partial charge in [-0.1, -0.05) is 47.5 Å². The van der Waals surface area contributed by atoms with Crippen molar-refractivity contribution in [2.75, 3.05) is 32.6 Å². The van der Waals surface area contributed by atoms with E-state index >= 15 is 0 Å². The largest absolute Gasteiger partial charge is 0.413 e. The fourth-order valence-corrected chi connectivity index (χ4v) is 10.6. The second-order valence-electron chi connectivity index (χ2n) is 10.3. The number of amides is 1. The number of anilines is 1.